The minimum Gasteiger partial charge on any atom is -0.479 e. The predicted molar refractivity (Wildman–Crippen MR) is 79.5 cm³/mol. The SMILES string of the molecule is CNC(CNC(=O)OC(C)(C)C)(C(=O)O)C(=O)OC(C)(C)C. The van der Waals surface area contributed by atoms with E-state index < -0.39 is 41.3 Å². The second-order valence-corrected chi connectivity index (χ2v) is 6.82. The van der Waals surface area contributed by atoms with E-state index in [4.69, 9.17) is 9.47 Å². The Morgan fingerprint density at radius 2 is 1.41 bits per heavy atom. The lowest BCUT2D eigenvalue weighted by Gasteiger charge is -2.31. The molecule has 0 aromatic carbocycles. The summed E-state index contributed by atoms with van der Waals surface area (Å²) in [4.78, 5) is 35.4. The molecule has 0 heterocycles. The van der Waals surface area contributed by atoms with Crippen molar-refractivity contribution in [2.75, 3.05) is 13.6 Å². The van der Waals surface area contributed by atoms with E-state index >= 15 is 0 Å². The molecule has 0 fully saturated rings. The first-order valence-electron chi connectivity index (χ1n) is 6.86. The summed E-state index contributed by atoms with van der Waals surface area (Å²) >= 11 is 0. The van der Waals surface area contributed by atoms with Crippen molar-refractivity contribution >= 4 is 18.0 Å². The van der Waals surface area contributed by atoms with Gasteiger partial charge in [0, 0.05) is 0 Å². The van der Waals surface area contributed by atoms with Crippen molar-refractivity contribution in [2.24, 2.45) is 0 Å². The summed E-state index contributed by atoms with van der Waals surface area (Å²) in [5.74, 6) is -2.45. The van der Waals surface area contributed by atoms with Crippen LogP contribution in [0.5, 0.6) is 0 Å². The zero-order chi connectivity index (χ0) is 17.8. The van der Waals surface area contributed by atoms with Gasteiger partial charge in [-0.2, -0.15) is 0 Å². The third-order valence-corrected chi connectivity index (χ3v) is 2.44. The minimum absolute atomic E-state index is 0.511. The molecule has 0 spiro atoms. The number of carboxylic acids is 1. The Morgan fingerprint density at radius 1 is 0.955 bits per heavy atom. The molecule has 8 nitrogen and oxygen atoms in total. The van der Waals surface area contributed by atoms with Gasteiger partial charge in [0.05, 0.1) is 6.54 Å². The number of carbonyl (C=O) groups is 3. The molecule has 22 heavy (non-hydrogen) atoms. The molecular formula is C14H26N2O6. The zero-order valence-corrected chi connectivity index (χ0v) is 14.2. The first-order chi connectivity index (χ1) is 9.73. The molecule has 0 aliphatic carbocycles. The van der Waals surface area contributed by atoms with E-state index in [-0.39, 0.29) is 0 Å². The van der Waals surface area contributed by atoms with Crippen LogP contribution in [0.3, 0.4) is 0 Å². The van der Waals surface area contributed by atoms with Crippen LogP contribution in [-0.4, -0.2) is 53.5 Å². The number of rotatable bonds is 5. The number of aliphatic carboxylic acids is 1. The maximum atomic E-state index is 12.2. The van der Waals surface area contributed by atoms with Gasteiger partial charge in [0.15, 0.2) is 0 Å². The highest BCUT2D eigenvalue weighted by molar-refractivity contribution is 6.05. The van der Waals surface area contributed by atoms with Crippen LogP contribution in [0.1, 0.15) is 41.5 Å². The van der Waals surface area contributed by atoms with Gasteiger partial charge in [0.1, 0.15) is 11.2 Å². The van der Waals surface area contributed by atoms with E-state index in [2.05, 4.69) is 10.6 Å². The van der Waals surface area contributed by atoms with Gasteiger partial charge < -0.3 is 19.9 Å². The number of nitrogens with one attached hydrogen (secondary N) is 2. The molecule has 0 rings (SSSR count). The van der Waals surface area contributed by atoms with Crippen molar-refractivity contribution in [2.45, 2.75) is 58.3 Å². The molecule has 0 saturated carbocycles. The second kappa shape index (κ2) is 6.95. The average Bonchev–Trinajstić information content (AvgIpc) is 2.24. The summed E-state index contributed by atoms with van der Waals surface area (Å²) in [5.41, 5.74) is -3.69. The molecule has 0 aliphatic heterocycles. The summed E-state index contributed by atoms with van der Waals surface area (Å²) < 4.78 is 10.1. The van der Waals surface area contributed by atoms with Crippen LogP contribution in [0.15, 0.2) is 0 Å². The third kappa shape index (κ3) is 6.30. The number of carbonyl (C=O) groups excluding carboxylic acids is 2. The standard InChI is InChI=1S/C14H26N2O6/c1-12(2,3)21-10(19)14(15-7,9(17)18)8-16-11(20)22-13(4,5)6/h15H,8H2,1-7H3,(H,16,20)(H,17,18). The first-order valence-corrected chi connectivity index (χ1v) is 6.86. The Hall–Kier alpha value is -1.83. The Kier molecular flexibility index (Phi) is 6.37. The molecule has 0 aliphatic rings. The molecule has 8 heteroatoms. The number of hydrogen-bond acceptors (Lipinski definition) is 6. The second-order valence-electron chi connectivity index (χ2n) is 6.82. The molecule has 0 aromatic rings. The topological polar surface area (TPSA) is 114 Å². The van der Waals surface area contributed by atoms with Gasteiger partial charge in [0.2, 0.25) is 5.54 Å². The Labute approximate surface area is 130 Å². The van der Waals surface area contributed by atoms with E-state index in [1.54, 1.807) is 41.5 Å². The van der Waals surface area contributed by atoms with Gasteiger partial charge in [-0.3, -0.25) is 5.32 Å². The lowest BCUT2D eigenvalue weighted by molar-refractivity contribution is -0.170. The van der Waals surface area contributed by atoms with Gasteiger partial charge in [-0.1, -0.05) is 0 Å². The number of hydrogen-bond donors (Lipinski definition) is 3. The van der Waals surface area contributed by atoms with Gasteiger partial charge in [-0.25, -0.2) is 14.4 Å². The van der Waals surface area contributed by atoms with Crippen molar-refractivity contribution in [3.63, 3.8) is 0 Å². The highest BCUT2D eigenvalue weighted by atomic mass is 16.6. The number of likely N-dealkylation sites (N-methyl/N-ethyl adjacent to an activating group) is 1. The van der Waals surface area contributed by atoms with Crippen molar-refractivity contribution in [3.8, 4) is 0 Å². The van der Waals surface area contributed by atoms with Crippen LogP contribution in [0.4, 0.5) is 4.79 Å². The maximum absolute atomic E-state index is 12.2. The largest absolute Gasteiger partial charge is 0.479 e. The monoisotopic (exact) mass is 318 g/mol. The number of carboxylic acid groups (broad SMARTS) is 1. The smallest absolute Gasteiger partial charge is 0.407 e. The van der Waals surface area contributed by atoms with E-state index in [0.717, 1.165) is 0 Å². The Morgan fingerprint density at radius 3 is 1.73 bits per heavy atom. The van der Waals surface area contributed by atoms with Crippen LogP contribution in [0.25, 0.3) is 0 Å². The van der Waals surface area contributed by atoms with Crippen molar-refractivity contribution < 1.29 is 29.0 Å². The number of amides is 1. The lowest BCUT2D eigenvalue weighted by atomic mass is 9.99. The van der Waals surface area contributed by atoms with Crippen LogP contribution >= 0.6 is 0 Å². The summed E-state index contributed by atoms with van der Waals surface area (Å²) in [7, 11) is 1.30. The molecule has 0 saturated heterocycles. The first kappa shape index (κ1) is 20.2. The summed E-state index contributed by atoms with van der Waals surface area (Å²) in [6.07, 6.45) is -0.822. The predicted octanol–water partition coefficient (Wildman–Crippen LogP) is 0.896. The average molecular weight is 318 g/mol. The quantitative estimate of drug-likeness (QED) is 0.509. The Bertz CT molecular complexity index is 436. The van der Waals surface area contributed by atoms with E-state index in [0.29, 0.717) is 0 Å². The van der Waals surface area contributed by atoms with Gasteiger partial charge in [-0.15, -0.1) is 0 Å². The molecule has 0 bridgehead atoms. The van der Waals surface area contributed by atoms with Gasteiger partial charge in [-0.05, 0) is 48.6 Å². The van der Waals surface area contributed by atoms with Crippen molar-refractivity contribution in [3.05, 3.63) is 0 Å². The fourth-order valence-electron chi connectivity index (χ4n) is 1.42. The fraction of sp³-hybridized carbons (Fsp3) is 0.786. The van der Waals surface area contributed by atoms with E-state index in [1.807, 2.05) is 0 Å². The number of esters is 1. The van der Waals surface area contributed by atoms with E-state index in [1.165, 1.54) is 7.05 Å². The maximum Gasteiger partial charge on any atom is 0.407 e. The molecule has 0 radical (unpaired) electrons. The summed E-state index contributed by atoms with van der Waals surface area (Å²) in [6.45, 7) is 9.36. The zero-order valence-electron chi connectivity index (χ0n) is 14.2. The molecule has 1 unspecified atom stereocenters. The normalized spacial score (nSPS) is 14.7. The van der Waals surface area contributed by atoms with Crippen LogP contribution in [-0.2, 0) is 19.1 Å². The van der Waals surface area contributed by atoms with Gasteiger partial charge >= 0.3 is 18.0 Å². The van der Waals surface area contributed by atoms with E-state index in [9.17, 15) is 19.5 Å². The highest BCUT2D eigenvalue weighted by Crippen LogP contribution is 2.15. The highest BCUT2D eigenvalue weighted by Gasteiger charge is 2.48. The van der Waals surface area contributed by atoms with Crippen LogP contribution in [0.2, 0.25) is 0 Å². The fourth-order valence-corrected chi connectivity index (χ4v) is 1.42. The van der Waals surface area contributed by atoms with Gasteiger partial charge in [0.25, 0.3) is 0 Å². The van der Waals surface area contributed by atoms with Crippen molar-refractivity contribution in [1.82, 2.24) is 10.6 Å². The molecule has 3 N–H and O–H groups in total. The molecule has 128 valence electrons. The van der Waals surface area contributed by atoms with Crippen LogP contribution in [0, 0.1) is 0 Å². The summed E-state index contributed by atoms with van der Waals surface area (Å²) in [5, 5.41) is 14.1. The van der Waals surface area contributed by atoms with Crippen molar-refractivity contribution in [1.29, 1.82) is 0 Å². The van der Waals surface area contributed by atoms with Crippen LogP contribution < -0.4 is 10.6 Å². The number of alkyl carbamates (subject to hydrolysis) is 1. The molecular weight excluding hydrogens is 292 g/mol. The third-order valence-electron chi connectivity index (χ3n) is 2.44. The molecule has 0 aromatic heterocycles. The molecule has 1 amide bonds. The Balaban J connectivity index is 5.10. The minimum atomic E-state index is -2.09. The summed E-state index contributed by atoms with van der Waals surface area (Å²) in [6, 6.07) is 0. The number of ether oxygens (including phenoxy) is 2. The lowest BCUT2D eigenvalue weighted by Crippen LogP contribution is -2.64. The molecule has 1 atom stereocenters.